The van der Waals surface area contributed by atoms with E-state index in [1.807, 2.05) is 31.2 Å². The van der Waals surface area contributed by atoms with Gasteiger partial charge in [0.15, 0.2) is 17.3 Å². The lowest BCUT2D eigenvalue weighted by Crippen LogP contribution is -2.23. The summed E-state index contributed by atoms with van der Waals surface area (Å²) >= 11 is 1.28. The normalized spacial score (nSPS) is 11.8. The van der Waals surface area contributed by atoms with Crippen molar-refractivity contribution in [2.24, 2.45) is 0 Å². The van der Waals surface area contributed by atoms with Crippen LogP contribution in [0.1, 0.15) is 11.1 Å². The Hall–Kier alpha value is -3.39. The third-order valence-corrected chi connectivity index (χ3v) is 5.44. The van der Waals surface area contributed by atoms with Gasteiger partial charge >= 0.3 is 0 Å². The Morgan fingerprint density at radius 3 is 2.21 bits per heavy atom. The maximum Gasteiger partial charge on any atom is 0.291 e. The van der Waals surface area contributed by atoms with Gasteiger partial charge in [-0.1, -0.05) is 41.2 Å². The van der Waals surface area contributed by atoms with E-state index in [1.165, 1.54) is 15.9 Å². The molecule has 0 saturated carbocycles. The number of aryl methyl sites for hydroxylation is 1. The molecular formula is C21H19N3O4S. The van der Waals surface area contributed by atoms with Gasteiger partial charge in [-0.05, 0) is 30.7 Å². The van der Waals surface area contributed by atoms with E-state index in [2.05, 4.69) is 10.1 Å². The first kappa shape index (κ1) is 18.9. The molecule has 0 fully saturated rings. The average Bonchev–Trinajstić information content (AvgIpc) is 3.27. The van der Waals surface area contributed by atoms with Crippen LogP contribution >= 0.6 is 11.3 Å². The molecule has 0 aliphatic heterocycles. The lowest BCUT2D eigenvalue weighted by molar-refractivity contribution is 0.324. The highest BCUT2D eigenvalue weighted by atomic mass is 32.1. The number of fused-ring (bicyclic) bond motifs is 1. The Morgan fingerprint density at radius 2 is 1.66 bits per heavy atom. The molecule has 0 amide bonds. The van der Waals surface area contributed by atoms with Gasteiger partial charge in [0.2, 0.25) is 10.7 Å². The number of hydrogen-bond donors (Lipinski definition) is 0. The second kappa shape index (κ2) is 7.56. The summed E-state index contributed by atoms with van der Waals surface area (Å²) in [5, 5.41) is 4.38. The molecule has 0 atom stereocenters. The highest BCUT2D eigenvalue weighted by molar-refractivity contribution is 7.15. The molecule has 0 unspecified atom stereocenters. The van der Waals surface area contributed by atoms with Crippen LogP contribution in [0.3, 0.4) is 0 Å². The molecule has 0 aliphatic carbocycles. The molecule has 0 saturated heterocycles. The third kappa shape index (κ3) is 3.42. The maximum atomic E-state index is 12.8. The second-order valence-electron chi connectivity index (χ2n) is 6.37. The molecular weight excluding hydrogens is 390 g/mol. The van der Waals surface area contributed by atoms with Crippen molar-refractivity contribution in [2.75, 3.05) is 21.3 Å². The van der Waals surface area contributed by atoms with E-state index in [0.29, 0.717) is 32.6 Å². The summed E-state index contributed by atoms with van der Waals surface area (Å²) in [5.41, 5.74) is 2.56. The monoisotopic (exact) mass is 409 g/mol. The molecule has 0 N–H and O–H groups in total. The SMILES string of the molecule is COc1cc(C=c2sc3nc(-c4ccc(C)cc4)nn3c2=O)cc(OC)c1OC. The summed E-state index contributed by atoms with van der Waals surface area (Å²) in [5.74, 6) is 2.07. The van der Waals surface area contributed by atoms with Crippen LogP contribution < -0.4 is 24.3 Å². The van der Waals surface area contributed by atoms with Crippen LogP contribution in [-0.2, 0) is 0 Å². The van der Waals surface area contributed by atoms with Crippen LogP contribution in [0.2, 0.25) is 0 Å². The van der Waals surface area contributed by atoms with E-state index >= 15 is 0 Å². The van der Waals surface area contributed by atoms with Crippen molar-refractivity contribution in [3.05, 3.63) is 62.4 Å². The molecule has 4 aromatic rings. The molecule has 0 bridgehead atoms. The molecule has 7 nitrogen and oxygen atoms in total. The standard InChI is InChI=1S/C21H19N3O4S/c1-12-5-7-14(8-6-12)19-22-21-24(23-19)20(25)17(29-21)11-13-9-15(26-2)18(28-4)16(10-13)27-3/h5-11H,1-4H3. The van der Waals surface area contributed by atoms with E-state index in [-0.39, 0.29) is 5.56 Å². The van der Waals surface area contributed by atoms with E-state index < -0.39 is 0 Å². The largest absolute Gasteiger partial charge is 0.493 e. The molecule has 0 aliphatic rings. The minimum Gasteiger partial charge on any atom is -0.493 e. The van der Waals surface area contributed by atoms with Gasteiger partial charge in [-0.3, -0.25) is 4.79 Å². The number of methoxy groups -OCH3 is 3. The van der Waals surface area contributed by atoms with E-state index in [0.717, 1.165) is 16.7 Å². The predicted molar refractivity (Wildman–Crippen MR) is 112 cm³/mol. The van der Waals surface area contributed by atoms with Crippen molar-refractivity contribution in [3.8, 4) is 28.6 Å². The molecule has 0 radical (unpaired) electrons. The minimum atomic E-state index is -0.218. The zero-order chi connectivity index (χ0) is 20.5. The van der Waals surface area contributed by atoms with Crippen LogP contribution in [0.5, 0.6) is 17.2 Å². The van der Waals surface area contributed by atoms with Gasteiger partial charge in [0.25, 0.3) is 5.56 Å². The molecule has 0 spiro atoms. The second-order valence-corrected chi connectivity index (χ2v) is 7.38. The number of aromatic nitrogens is 3. The summed E-state index contributed by atoms with van der Waals surface area (Å²) < 4.78 is 17.9. The van der Waals surface area contributed by atoms with Crippen molar-refractivity contribution in [1.29, 1.82) is 0 Å². The Labute approximate surface area is 170 Å². The molecule has 29 heavy (non-hydrogen) atoms. The van der Waals surface area contributed by atoms with Crippen molar-refractivity contribution in [3.63, 3.8) is 0 Å². The number of benzene rings is 2. The third-order valence-electron chi connectivity index (χ3n) is 4.48. The van der Waals surface area contributed by atoms with Gasteiger partial charge in [0.1, 0.15) is 0 Å². The molecule has 8 heteroatoms. The van der Waals surface area contributed by atoms with Crippen LogP contribution in [0, 0.1) is 6.92 Å². The van der Waals surface area contributed by atoms with Gasteiger partial charge in [0, 0.05) is 5.56 Å². The van der Waals surface area contributed by atoms with Crippen molar-refractivity contribution < 1.29 is 14.2 Å². The van der Waals surface area contributed by atoms with Crippen LogP contribution in [0.15, 0.2) is 41.2 Å². The summed E-state index contributed by atoms with van der Waals surface area (Å²) in [6, 6.07) is 11.5. The summed E-state index contributed by atoms with van der Waals surface area (Å²) in [4.78, 5) is 17.9. The van der Waals surface area contributed by atoms with Gasteiger partial charge in [0.05, 0.1) is 25.9 Å². The minimum absolute atomic E-state index is 0.218. The van der Waals surface area contributed by atoms with Crippen molar-refractivity contribution >= 4 is 22.4 Å². The fourth-order valence-electron chi connectivity index (χ4n) is 2.99. The van der Waals surface area contributed by atoms with E-state index in [1.54, 1.807) is 39.5 Å². The van der Waals surface area contributed by atoms with Gasteiger partial charge < -0.3 is 14.2 Å². The highest BCUT2D eigenvalue weighted by Gasteiger charge is 2.14. The Balaban J connectivity index is 1.80. The van der Waals surface area contributed by atoms with E-state index in [9.17, 15) is 4.79 Å². The van der Waals surface area contributed by atoms with Crippen molar-refractivity contribution in [1.82, 2.24) is 14.6 Å². The summed E-state index contributed by atoms with van der Waals surface area (Å²) in [6.07, 6.45) is 1.76. The number of nitrogens with zero attached hydrogens (tertiary/aromatic N) is 3. The fraction of sp³-hybridized carbons (Fsp3) is 0.190. The topological polar surface area (TPSA) is 75.0 Å². The number of ether oxygens (including phenoxy) is 3. The molecule has 2 heterocycles. The predicted octanol–water partition coefficient (Wildman–Crippen LogP) is 2.70. The first-order valence-electron chi connectivity index (χ1n) is 8.82. The lowest BCUT2D eigenvalue weighted by atomic mass is 10.1. The highest BCUT2D eigenvalue weighted by Crippen LogP contribution is 2.38. The van der Waals surface area contributed by atoms with Crippen LogP contribution in [0.25, 0.3) is 22.4 Å². The lowest BCUT2D eigenvalue weighted by Gasteiger charge is -2.12. The van der Waals surface area contributed by atoms with Gasteiger partial charge in [-0.2, -0.15) is 9.50 Å². The van der Waals surface area contributed by atoms with Crippen molar-refractivity contribution in [2.45, 2.75) is 6.92 Å². The zero-order valence-electron chi connectivity index (χ0n) is 16.4. The van der Waals surface area contributed by atoms with Crippen LogP contribution in [-0.4, -0.2) is 35.9 Å². The zero-order valence-corrected chi connectivity index (χ0v) is 17.2. The summed E-state index contributed by atoms with van der Waals surface area (Å²) in [6.45, 7) is 2.02. The number of thiazole rings is 1. The smallest absolute Gasteiger partial charge is 0.291 e. The molecule has 2 aromatic heterocycles. The molecule has 148 valence electrons. The first-order chi connectivity index (χ1) is 14.0. The number of hydrogen-bond acceptors (Lipinski definition) is 7. The fourth-order valence-corrected chi connectivity index (χ4v) is 3.90. The van der Waals surface area contributed by atoms with Crippen LogP contribution in [0.4, 0.5) is 0 Å². The van der Waals surface area contributed by atoms with E-state index in [4.69, 9.17) is 14.2 Å². The Kier molecular flexibility index (Phi) is 4.94. The molecule has 4 rings (SSSR count). The quantitative estimate of drug-likeness (QED) is 0.505. The van der Waals surface area contributed by atoms with Gasteiger partial charge in [-0.25, -0.2) is 0 Å². The number of rotatable bonds is 5. The Bertz CT molecular complexity index is 1270. The average molecular weight is 409 g/mol. The maximum absolute atomic E-state index is 12.8. The van der Waals surface area contributed by atoms with Gasteiger partial charge in [-0.15, -0.1) is 5.10 Å². The Morgan fingerprint density at radius 1 is 1.00 bits per heavy atom. The first-order valence-corrected chi connectivity index (χ1v) is 9.64. The summed E-state index contributed by atoms with van der Waals surface area (Å²) in [7, 11) is 4.65. The molecule has 2 aromatic carbocycles.